The highest BCUT2D eigenvalue weighted by Gasteiger charge is 2.40. The average Bonchev–Trinajstić information content (AvgIpc) is 2.55. The first-order valence-corrected chi connectivity index (χ1v) is 5.28. The number of carbonyl (C=O) groups excluding carboxylic acids is 2. The highest BCUT2D eigenvalue weighted by Crippen LogP contribution is 2.22. The number of rotatable bonds is 2. The molecule has 17 heavy (non-hydrogen) atoms. The summed E-state index contributed by atoms with van der Waals surface area (Å²) in [6.45, 7) is 2.29. The standard InChI is InChI=1S/C11H15N3O3/c1-11(17)5-14(6-11)10(16)8-3-7(9(12)15)4-13(8)2/h3-4,17H,5-6H2,1-2H3,(H2,12,15). The van der Waals surface area contributed by atoms with Crippen molar-refractivity contribution in [3.63, 3.8) is 0 Å². The monoisotopic (exact) mass is 237 g/mol. The Morgan fingerprint density at radius 1 is 1.47 bits per heavy atom. The summed E-state index contributed by atoms with van der Waals surface area (Å²) < 4.78 is 1.56. The molecule has 2 rings (SSSR count). The van der Waals surface area contributed by atoms with Crippen LogP contribution in [0.15, 0.2) is 12.3 Å². The Morgan fingerprint density at radius 3 is 2.47 bits per heavy atom. The minimum atomic E-state index is -0.798. The van der Waals surface area contributed by atoms with Crippen LogP contribution in [0.25, 0.3) is 0 Å². The van der Waals surface area contributed by atoms with Crippen molar-refractivity contribution in [1.82, 2.24) is 9.47 Å². The summed E-state index contributed by atoms with van der Waals surface area (Å²) in [5, 5.41) is 9.57. The second-order valence-electron chi connectivity index (χ2n) is 4.75. The molecule has 1 aromatic rings. The zero-order valence-electron chi connectivity index (χ0n) is 9.80. The molecule has 1 aromatic heterocycles. The highest BCUT2D eigenvalue weighted by molar-refractivity contribution is 5.99. The number of nitrogens with two attached hydrogens (primary N) is 1. The maximum Gasteiger partial charge on any atom is 0.270 e. The van der Waals surface area contributed by atoms with Crippen molar-refractivity contribution in [1.29, 1.82) is 0 Å². The molecule has 3 N–H and O–H groups in total. The Hall–Kier alpha value is -1.82. The van der Waals surface area contributed by atoms with Crippen molar-refractivity contribution in [3.8, 4) is 0 Å². The molecule has 92 valence electrons. The lowest BCUT2D eigenvalue weighted by atomic mass is 9.96. The molecule has 1 aliphatic heterocycles. The summed E-state index contributed by atoms with van der Waals surface area (Å²) in [5.74, 6) is -0.762. The molecule has 1 saturated heterocycles. The number of carbonyl (C=O) groups is 2. The number of likely N-dealkylation sites (tertiary alicyclic amines) is 1. The minimum Gasteiger partial charge on any atom is -0.386 e. The van der Waals surface area contributed by atoms with E-state index >= 15 is 0 Å². The first-order chi connectivity index (χ1) is 7.80. The predicted molar refractivity (Wildman–Crippen MR) is 60.5 cm³/mol. The van der Waals surface area contributed by atoms with Crippen molar-refractivity contribution in [3.05, 3.63) is 23.5 Å². The number of amides is 2. The number of β-amino-alcohol motifs (C(OH)–C–C–N with tert-alkyl or cyclic N) is 1. The number of hydrogen-bond donors (Lipinski definition) is 2. The van der Waals surface area contributed by atoms with E-state index < -0.39 is 11.5 Å². The fourth-order valence-electron chi connectivity index (χ4n) is 1.99. The van der Waals surface area contributed by atoms with Crippen molar-refractivity contribution in [2.45, 2.75) is 12.5 Å². The molecule has 1 aliphatic rings. The first-order valence-electron chi connectivity index (χ1n) is 5.28. The summed E-state index contributed by atoms with van der Waals surface area (Å²) in [6.07, 6.45) is 1.52. The van der Waals surface area contributed by atoms with Crippen LogP contribution in [0, 0.1) is 0 Å². The summed E-state index contributed by atoms with van der Waals surface area (Å²) in [7, 11) is 1.68. The van der Waals surface area contributed by atoms with E-state index in [0.29, 0.717) is 24.3 Å². The molecule has 0 spiro atoms. The van der Waals surface area contributed by atoms with E-state index in [9.17, 15) is 14.7 Å². The highest BCUT2D eigenvalue weighted by atomic mass is 16.3. The van der Waals surface area contributed by atoms with E-state index in [1.165, 1.54) is 17.2 Å². The number of aromatic nitrogens is 1. The van der Waals surface area contributed by atoms with Crippen molar-refractivity contribution >= 4 is 11.8 Å². The largest absolute Gasteiger partial charge is 0.386 e. The number of nitrogens with zero attached hydrogens (tertiary/aromatic N) is 2. The number of primary amides is 1. The Balaban J connectivity index is 2.18. The minimum absolute atomic E-state index is 0.202. The molecule has 2 amide bonds. The number of aliphatic hydroxyl groups is 1. The summed E-state index contributed by atoms with van der Waals surface area (Å²) in [6, 6.07) is 1.47. The summed E-state index contributed by atoms with van der Waals surface area (Å²) in [5.41, 5.74) is 5.05. The Bertz CT molecular complexity index is 482. The number of aryl methyl sites for hydroxylation is 1. The van der Waals surface area contributed by atoms with Crippen LogP contribution in [0.5, 0.6) is 0 Å². The van der Waals surface area contributed by atoms with E-state index in [4.69, 9.17) is 5.73 Å². The van der Waals surface area contributed by atoms with E-state index in [1.807, 2.05) is 0 Å². The van der Waals surface area contributed by atoms with Crippen molar-refractivity contribution < 1.29 is 14.7 Å². The van der Waals surface area contributed by atoms with Gasteiger partial charge >= 0.3 is 0 Å². The van der Waals surface area contributed by atoms with Crippen LogP contribution in [0.3, 0.4) is 0 Å². The van der Waals surface area contributed by atoms with Gasteiger partial charge in [-0.3, -0.25) is 9.59 Å². The van der Waals surface area contributed by atoms with Gasteiger partial charge in [-0.15, -0.1) is 0 Å². The van der Waals surface area contributed by atoms with Gasteiger partial charge in [0.1, 0.15) is 5.69 Å². The van der Waals surface area contributed by atoms with Crippen molar-refractivity contribution in [2.75, 3.05) is 13.1 Å². The van der Waals surface area contributed by atoms with E-state index in [2.05, 4.69) is 0 Å². The van der Waals surface area contributed by atoms with E-state index in [0.717, 1.165) is 0 Å². The molecule has 0 radical (unpaired) electrons. The lowest BCUT2D eigenvalue weighted by molar-refractivity contribution is -0.0671. The van der Waals surface area contributed by atoms with Gasteiger partial charge in [0, 0.05) is 13.2 Å². The third-order valence-electron chi connectivity index (χ3n) is 2.86. The normalized spacial score (nSPS) is 17.7. The lowest BCUT2D eigenvalue weighted by Gasteiger charge is -2.44. The predicted octanol–water partition coefficient (Wildman–Crippen LogP) is -0.669. The second kappa shape index (κ2) is 3.59. The molecule has 6 heteroatoms. The SMILES string of the molecule is Cn1cc(C(N)=O)cc1C(=O)N1CC(C)(O)C1. The lowest BCUT2D eigenvalue weighted by Crippen LogP contribution is -2.61. The number of hydrogen-bond acceptors (Lipinski definition) is 3. The molecule has 0 atom stereocenters. The van der Waals surface area contributed by atoms with Crippen LogP contribution in [-0.2, 0) is 7.05 Å². The fourth-order valence-corrected chi connectivity index (χ4v) is 1.99. The molecule has 1 fully saturated rings. The Kier molecular flexibility index (Phi) is 2.46. The Labute approximate surface area is 98.6 Å². The van der Waals surface area contributed by atoms with Crippen LogP contribution in [0.4, 0.5) is 0 Å². The Morgan fingerprint density at radius 2 is 2.06 bits per heavy atom. The third-order valence-corrected chi connectivity index (χ3v) is 2.86. The van der Waals surface area contributed by atoms with Gasteiger partial charge < -0.3 is 20.3 Å². The van der Waals surface area contributed by atoms with Gasteiger partial charge in [-0.1, -0.05) is 0 Å². The molecule has 0 aliphatic carbocycles. The van der Waals surface area contributed by atoms with E-state index in [1.54, 1.807) is 18.5 Å². The van der Waals surface area contributed by atoms with Crippen LogP contribution < -0.4 is 5.73 Å². The first kappa shape index (κ1) is 11.7. The van der Waals surface area contributed by atoms with Crippen LogP contribution >= 0.6 is 0 Å². The van der Waals surface area contributed by atoms with Gasteiger partial charge in [0.15, 0.2) is 0 Å². The molecule has 0 bridgehead atoms. The van der Waals surface area contributed by atoms with Gasteiger partial charge in [0.05, 0.1) is 24.3 Å². The van der Waals surface area contributed by atoms with Crippen molar-refractivity contribution in [2.24, 2.45) is 12.8 Å². The second-order valence-corrected chi connectivity index (χ2v) is 4.75. The van der Waals surface area contributed by atoms with Crippen LogP contribution in [-0.4, -0.2) is 45.1 Å². The molecular formula is C11H15N3O3. The van der Waals surface area contributed by atoms with Gasteiger partial charge in [-0.2, -0.15) is 0 Å². The molecule has 2 heterocycles. The molecule has 0 saturated carbocycles. The average molecular weight is 237 g/mol. The maximum absolute atomic E-state index is 12.0. The molecule has 0 unspecified atom stereocenters. The third kappa shape index (κ3) is 2.03. The zero-order valence-corrected chi connectivity index (χ0v) is 9.80. The van der Waals surface area contributed by atoms with Gasteiger partial charge in [0.25, 0.3) is 5.91 Å². The summed E-state index contributed by atoms with van der Waals surface area (Å²) in [4.78, 5) is 24.5. The van der Waals surface area contributed by atoms with Crippen LogP contribution in [0.1, 0.15) is 27.8 Å². The van der Waals surface area contributed by atoms with E-state index in [-0.39, 0.29) is 5.91 Å². The zero-order chi connectivity index (χ0) is 12.8. The van der Waals surface area contributed by atoms with Gasteiger partial charge in [-0.25, -0.2) is 0 Å². The molecule has 0 aromatic carbocycles. The maximum atomic E-state index is 12.0. The molecule has 6 nitrogen and oxygen atoms in total. The summed E-state index contributed by atoms with van der Waals surface area (Å²) >= 11 is 0. The fraction of sp³-hybridized carbons (Fsp3) is 0.455. The quantitative estimate of drug-likeness (QED) is 0.715. The topological polar surface area (TPSA) is 88.6 Å². The van der Waals surface area contributed by atoms with Gasteiger partial charge in [0.2, 0.25) is 5.91 Å². The van der Waals surface area contributed by atoms with Gasteiger partial charge in [-0.05, 0) is 13.0 Å². The van der Waals surface area contributed by atoms with Crippen LogP contribution in [0.2, 0.25) is 0 Å². The smallest absolute Gasteiger partial charge is 0.270 e. The molecular weight excluding hydrogens is 222 g/mol.